The van der Waals surface area contributed by atoms with Crippen molar-refractivity contribution in [3.8, 4) is 11.4 Å². The zero-order valence-electron chi connectivity index (χ0n) is 16.6. The monoisotopic (exact) mass is 390 g/mol. The lowest BCUT2D eigenvalue weighted by atomic mass is 9.86. The summed E-state index contributed by atoms with van der Waals surface area (Å²) >= 11 is 0. The fourth-order valence-corrected chi connectivity index (χ4v) is 4.48. The van der Waals surface area contributed by atoms with Crippen LogP contribution in [0.25, 0.3) is 5.69 Å². The number of piperidine rings is 1. The number of amides is 1. The van der Waals surface area contributed by atoms with Crippen molar-refractivity contribution in [3.05, 3.63) is 82.9 Å². The predicted octanol–water partition coefficient (Wildman–Crippen LogP) is 4.76. The molecule has 0 unspecified atom stereocenters. The Morgan fingerprint density at radius 1 is 1.03 bits per heavy atom. The summed E-state index contributed by atoms with van der Waals surface area (Å²) in [4.78, 5) is 14.9. The highest BCUT2D eigenvalue weighted by atomic mass is 19.1. The fraction of sp³-hybridized carbons (Fsp3) is 0.292. The minimum absolute atomic E-state index is 0.0561. The Kier molecular flexibility index (Phi) is 4.02. The molecule has 2 aromatic carbocycles. The number of likely N-dealkylation sites (tertiary alicyclic amines) is 1. The molecular formula is C24H23FN2O2. The van der Waals surface area contributed by atoms with E-state index in [-0.39, 0.29) is 11.7 Å². The van der Waals surface area contributed by atoms with Gasteiger partial charge in [-0.2, -0.15) is 0 Å². The van der Waals surface area contributed by atoms with Gasteiger partial charge in [0.2, 0.25) is 0 Å². The number of nitrogens with zero attached hydrogens (tertiary/aromatic N) is 2. The summed E-state index contributed by atoms with van der Waals surface area (Å²) in [6.07, 6.45) is 3.33. The van der Waals surface area contributed by atoms with Gasteiger partial charge in [0.1, 0.15) is 11.6 Å². The topological polar surface area (TPSA) is 34.5 Å². The van der Waals surface area contributed by atoms with E-state index in [9.17, 15) is 9.18 Å². The van der Waals surface area contributed by atoms with Gasteiger partial charge in [-0.1, -0.05) is 6.07 Å². The van der Waals surface area contributed by atoms with Crippen LogP contribution in [-0.2, 0) is 5.60 Å². The molecule has 0 radical (unpaired) electrons. The third kappa shape index (κ3) is 2.84. The Hall–Kier alpha value is -3.08. The maximum absolute atomic E-state index is 13.8. The summed E-state index contributed by atoms with van der Waals surface area (Å²) in [5.74, 6) is 0.306. The lowest BCUT2D eigenvalue weighted by Gasteiger charge is -2.45. The second kappa shape index (κ2) is 6.48. The van der Waals surface area contributed by atoms with Crippen LogP contribution in [0, 0.1) is 19.7 Å². The second-order valence-corrected chi connectivity index (χ2v) is 8.06. The van der Waals surface area contributed by atoms with Gasteiger partial charge < -0.3 is 14.2 Å². The molecule has 2 aliphatic rings. The number of carbonyl (C=O) groups excluding carboxylic acids is 1. The van der Waals surface area contributed by atoms with Gasteiger partial charge in [0.05, 0.1) is 11.4 Å². The van der Waals surface area contributed by atoms with Crippen molar-refractivity contribution in [1.82, 2.24) is 9.47 Å². The first-order valence-electron chi connectivity index (χ1n) is 10.0. The van der Waals surface area contributed by atoms with Crippen molar-refractivity contribution >= 4 is 5.91 Å². The van der Waals surface area contributed by atoms with Crippen molar-refractivity contribution in [2.45, 2.75) is 32.3 Å². The van der Waals surface area contributed by atoms with Gasteiger partial charge in [0.25, 0.3) is 5.91 Å². The van der Waals surface area contributed by atoms with Crippen molar-refractivity contribution in [2.75, 3.05) is 13.1 Å². The molecule has 0 aliphatic carbocycles. The molecule has 0 N–H and O–H groups in total. The van der Waals surface area contributed by atoms with E-state index < -0.39 is 5.60 Å². The van der Waals surface area contributed by atoms with Crippen LogP contribution in [0.15, 0.2) is 54.7 Å². The first-order valence-corrected chi connectivity index (χ1v) is 10.0. The normalized spacial score (nSPS) is 16.9. The number of carbonyl (C=O) groups is 1. The summed E-state index contributed by atoms with van der Waals surface area (Å²) < 4.78 is 22.3. The standard InChI is InChI=1S/C24H23FN2O2/c1-16-5-6-18(14-17(16)2)23(28)26-12-9-24(10-13-26)22-4-3-11-27(22)20-8-7-19(25)15-21(20)29-24/h3-8,11,14-15H,9-10,12-13H2,1-2H3. The van der Waals surface area contributed by atoms with Crippen molar-refractivity contribution < 1.29 is 13.9 Å². The molecule has 3 heterocycles. The summed E-state index contributed by atoms with van der Waals surface area (Å²) in [5, 5.41) is 0. The van der Waals surface area contributed by atoms with E-state index in [0.717, 1.165) is 22.5 Å². The van der Waals surface area contributed by atoms with Gasteiger partial charge >= 0.3 is 0 Å². The van der Waals surface area contributed by atoms with Gasteiger partial charge in [-0.25, -0.2) is 4.39 Å². The molecule has 0 bridgehead atoms. The van der Waals surface area contributed by atoms with E-state index in [4.69, 9.17) is 4.74 Å². The Morgan fingerprint density at radius 2 is 1.83 bits per heavy atom. The number of rotatable bonds is 1. The number of aromatic nitrogens is 1. The van der Waals surface area contributed by atoms with Gasteiger partial charge in [-0.05, 0) is 61.4 Å². The number of ether oxygens (including phenoxy) is 1. The number of benzene rings is 2. The van der Waals surface area contributed by atoms with Crippen LogP contribution in [0.5, 0.6) is 5.75 Å². The van der Waals surface area contributed by atoms with Crippen LogP contribution in [0.2, 0.25) is 0 Å². The lowest BCUT2D eigenvalue weighted by molar-refractivity contribution is -0.00950. The van der Waals surface area contributed by atoms with Crippen molar-refractivity contribution in [3.63, 3.8) is 0 Å². The Balaban J connectivity index is 1.41. The van der Waals surface area contributed by atoms with E-state index in [2.05, 4.69) is 10.6 Å². The molecule has 1 saturated heterocycles. The third-order valence-corrected chi connectivity index (χ3v) is 6.31. The molecule has 4 nitrogen and oxygen atoms in total. The SMILES string of the molecule is Cc1ccc(C(=O)N2CCC3(CC2)Oc2cc(F)ccc2-n2cccc23)cc1C. The molecule has 0 atom stereocenters. The third-order valence-electron chi connectivity index (χ3n) is 6.31. The van der Waals surface area contributed by atoms with Crippen molar-refractivity contribution in [1.29, 1.82) is 0 Å². The molecule has 148 valence electrons. The van der Waals surface area contributed by atoms with E-state index in [1.54, 1.807) is 6.07 Å². The van der Waals surface area contributed by atoms with Crippen LogP contribution in [0.4, 0.5) is 4.39 Å². The van der Waals surface area contributed by atoms with Gasteiger partial charge in [-0.3, -0.25) is 4.79 Å². The molecule has 5 heteroatoms. The van der Waals surface area contributed by atoms with Gasteiger partial charge in [-0.15, -0.1) is 0 Å². The van der Waals surface area contributed by atoms with Gasteiger partial charge in [0, 0.05) is 43.8 Å². The van der Waals surface area contributed by atoms with E-state index in [1.165, 1.54) is 17.7 Å². The summed E-state index contributed by atoms with van der Waals surface area (Å²) in [5.41, 5.74) is 4.41. The average molecular weight is 390 g/mol. The minimum Gasteiger partial charge on any atom is -0.479 e. The fourth-order valence-electron chi connectivity index (χ4n) is 4.48. The molecule has 1 amide bonds. The van der Waals surface area contributed by atoms with E-state index >= 15 is 0 Å². The number of hydrogen-bond donors (Lipinski definition) is 0. The molecule has 5 rings (SSSR count). The van der Waals surface area contributed by atoms with Crippen LogP contribution in [-0.4, -0.2) is 28.5 Å². The van der Waals surface area contributed by atoms with Gasteiger partial charge in [0.15, 0.2) is 5.60 Å². The number of fused-ring (bicyclic) bond motifs is 4. The zero-order chi connectivity index (χ0) is 20.2. The summed E-state index contributed by atoms with van der Waals surface area (Å²) in [7, 11) is 0. The van der Waals surface area contributed by atoms with Crippen LogP contribution in [0.3, 0.4) is 0 Å². The first kappa shape index (κ1) is 18.0. The number of hydrogen-bond acceptors (Lipinski definition) is 2. The molecule has 1 fully saturated rings. The molecule has 3 aromatic rings. The smallest absolute Gasteiger partial charge is 0.253 e. The Bertz CT molecular complexity index is 1110. The highest BCUT2D eigenvalue weighted by Gasteiger charge is 2.44. The number of aryl methyl sites for hydroxylation is 2. The molecule has 1 aromatic heterocycles. The Morgan fingerprint density at radius 3 is 2.59 bits per heavy atom. The van der Waals surface area contributed by atoms with E-state index in [0.29, 0.717) is 31.7 Å². The summed E-state index contributed by atoms with van der Waals surface area (Å²) in [6, 6.07) is 14.6. The maximum atomic E-state index is 13.8. The average Bonchev–Trinajstić information content (AvgIpc) is 3.21. The highest BCUT2D eigenvalue weighted by molar-refractivity contribution is 5.94. The summed E-state index contributed by atoms with van der Waals surface area (Å²) in [6.45, 7) is 5.27. The van der Waals surface area contributed by atoms with E-state index in [1.807, 2.05) is 49.2 Å². The quantitative estimate of drug-likeness (QED) is 0.601. The van der Waals surface area contributed by atoms with Crippen molar-refractivity contribution in [2.24, 2.45) is 0 Å². The first-order chi connectivity index (χ1) is 14.0. The van der Waals surface area contributed by atoms with Crippen LogP contribution < -0.4 is 4.74 Å². The van der Waals surface area contributed by atoms with Crippen LogP contribution >= 0.6 is 0 Å². The van der Waals surface area contributed by atoms with Crippen LogP contribution in [0.1, 0.15) is 40.0 Å². The predicted molar refractivity (Wildman–Crippen MR) is 109 cm³/mol. The molecule has 2 aliphatic heterocycles. The molecule has 29 heavy (non-hydrogen) atoms. The lowest BCUT2D eigenvalue weighted by Crippen LogP contribution is -2.50. The highest BCUT2D eigenvalue weighted by Crippen LogP contribution is 2.45. The zero-order valence-corrected chi connectivity index (χ0v) is 16.6. The minimum atomic E-state index is -0.537. The maximum Gasteiger partial charge on any atom is 0.253 e. The molecular weight excluding hydrogens is 367 g/mol. The molecule has 1 spiro atoms. The second-order valence-electron chi connectivity index (χ2n) is 8.06. The number of halogens is 1. The Labute approximate surface area is 169 Å². The molecule has 0 saturated carbocycles. The largest absolute Gasteiger partial charge is 0.479 e.